The van der Waals surface area contributed by atoms with Gasteiger partial charge in [-0.05, 0) is 35.7 Å². The van der Waals surface area contributed by atoms with Crippen LogP contribution in [0, 0.1) is 0 Å². The summed E-state index contributed by atoms with van der Waals surface area (Å²) in [5, 5.41) is 8.12. The van der Waals surface area contributed by atoms with E-state index in [-0.39, 0.29) is 75.6 Å². The molecule has 0 atom stereocenters. The van der Waals surface area contributed by atoms with Crippen LogP contribution in [0.3, 0.4) is 0 Å². The van der Waals surface area contributed by atoms with Gasteiger partial charge in [0.25, 0.3) is 0 Å². The Kier molecular flexibility index (Phi) is 8.99. The van der Waals surface area contributed by atoms with Gasteiger partial charge in [-0.15, -0.1) is 5.11 Å². The van der Waals surface area contributed by atoms with E-state index in [1.54, 1.807) is 30.3 Å². The van der Waals surface area contributed by atoms with Crippen molar-refractivity contribution in [2.75, 3.05) is 5.73 Å². The van der Waals surface area contributed by atoms with Gasteiger partial charge >= 0.3 is 59.1 Å². The van der Waals surface area contributed by atoms with Gasteiger partial charge in [0.1, 0.15) is 25.9 Å². The molecule has 0 saturated carbocycles. The van der Waals surface area contributed by atoms with Crippen LogP contribution in [0.25, 0.3) is 10.8 Å². The number of nitrogens with zero attached hydrogens (tertiary/aromatic N) is 2. The molecule has 0 bridgehead atoms. The van der Waals surface area contributed by atoms with Crippen molar-refractivity contribution >= 4 is 48.1 Å². The first kappa shape index (κ1) is 26.2. The number of hydrogen-bond acceptors (Lipinski definition) is 9. The fourth-order valence-electron chi connectivity index (χ4n) is 2.43. The summed E-state index contributed by atoms with van der Waals surface area (Å²) in [6.07, 6.45) is 0. The van der Waals surface area contributed by atoms with E-state index in [1.807, 2.05) is 0 Å². The van der Waals surface area contributed by atoms with Crippen LogP contribution in [0.15, 0.2) is 74.6 Å². The SMILES string of the molecule is Nc1c(S(=O)(=O)[O-])cc2cc(S(=O)(=O)[O-])ccc2c1N=Nc1ccccc1.[Na+].[Na+]. The predicted octanol–water partition coefficient (Wildman–Crippen LogP) is -3.35. The second kappa shape index (κ2) is 9.96. The quantitative estimate of drug-likeness (QED) is 0.187. The molecule has 0 radical (unpaired) electrons. The maximum Gasteiger partial charge on any atom is 1.00 e. The van der Waals surface area contributed by atoms with E-state index in [0.717, 1.165) is 18.2 Å². The number of fused-ring (bicyclic) bond motifs is 1. The zero-order chi connectivity index (χ0) is 19.8. The van der Waals surface area contributed by atoms with E-state index in [2.05, 4.69) is 10.2 Å². The van der Waals surface area contributed by atoms with Crippen molar-refractivity contribution in [3.8, 4) is 0 Å². The average Bonchev–Trinajstić information content (AvgIpc) is 2.59. The molecule has 0 spiro atoms. The normalized spacial score (nSPS) is 11.8. The van der Waals surface area contributed by atoms with Crippen molar-refractivity contribution in [1.82, 2.24) is 0 Å². The van der Waals surface area contributed by atoms with Crippen LogP contribution in [0.4, 0.5) is 17.1 Å². The summed E-state index contributed by atoms with van der Waals surface area (Å²) in [6, 6.07) is 12.6. The van der Waals surface area contributed by atoms with Crippen molar-refractivity contribution in [3.05, 3.63) is 54.6 Å². The second-order valence-electron chi connectivity index (χ2n) is 5.46. The predicted molar refractivity (Wildman–Crippen MR) is 94.9 cm³/mol. The minimum atomic E-state index is -4.98. The zero-order valence-electron chi connectivity index (χ0n) is 15.4. The molecule has 13 heteroatoms. The van der Waals surface area contributed by atoms with Crippen LogP contribution >= 0.6 is 0 Å². The minimum absolute atomic E-state index is 0. The first-order valence-corrected chi connectivity index (χ1v) is 10.1. The molecular formula is C16H11N3Na2O6S2. The van der Waals surface area contributed by atoms with Gasteiger partial charge in [-0.25, -0.2) is 16.8 Å². The number of nitrogens with two attached hydrogens (primary N) is 1. The summed E-state index contributed by atoms with van der Waals surface area (Å²) in [4.78, 5) is -1.36. The summed E-state index contributed by atoms with van der Waals surface area (Å²) >= 11 is 0. The van der Waals surface area contributed by atoms with Crippen molar-refractivity contribution in [1.29, 1.82) is 0 Å². The Balaban J connectivity index is 0.00000210. The van der Waals surface area contributed by atoms with E-state index in [4.69, 9.17) is 5.73 Å². The van der Waals surface area contributed by atoms with E-state index >= 15 is 0 Å². The van der Waals surface area contributed by atoms with E-state index in [9.17, 15) is 25.9 Å². The summed E-state index contributed by atoms with van der Waals surface area (Å²) in [5.74, 6) is 0. The Hall–Kier alpha value is -0.860. The maximum absolute atomic E-state index is 11.5. The van der Waals surface area contributed by atoms with Gasteiger partial charge < -0.3 is 14.8 Å². The Morgan fingerprint density at radius 1 is 0.793 bits per heavy atom. The number of azo groups is 1. The number of hydrogen-bond donors (Lipinski definition) is 1. The van der Waals surface area contributed by atoms with Gasteiger partial charge in [0, 0.05) is 5.39 Å². The molecule has 0 saturated heterocycles. The van der Waals surface area contributed by atoms with Gasteiger partial charge in [0.15, 0.2) is 0 Å². The fourth-order valence-corrected chi connectivity index (χ4v) is 3.57. The van der Waals surface area contributed by atoms with Crippen molar-refractivity contribution < 1.29 is 85.1 Å². The molecule has 0 unspecified atom stereocenters. The topological polar surface area (TPSA) is 165 Å². The molecule has 2 N–H and O–H groups in total. The summed E-state index contributed by atoms with van der Waals surface area (Å²) < 4.78 is 68.2. The summed E-state index contributed by atoms with van der Waals surface area (Å²) in [6.45, 7) is 0. The fraction of sp³-hybridized carbons (Fsp3) is 0. The molecule has 140 valence electrons. The van der Waals surface area contributed by atoms with Crippen LogP contribution in [0.5, 0.6) is 0 Å². The van der Waals surface area contributed by atoms with Gasteiger partial charge in [-0.2, -0.15) is 5.11 Å². The first-order valence-electron chi connectivity index (χ1n) is 7.32. The monoisotopic (exact) mass is 451 g/mol. The molecule has 0 aliphatic heterocycles. The Morgan fingerprint density at radius 2 is 1.41 bits per heavy atom. The van der Waals surface area contributed by atoms with E-state index in [1.165, 1.54) is 6.07 Å². The van der Waals surface area contributed by atoms with Crippen molar-refractivity contribution in [2.24, 2.45) is 10.2 Å². The van der Waals surface area contributed by atoms with Crippen LogP contribution < -0.4 is 64.8 Å². The zero-order valence-corrected chi connectivity index (χ0v) is 21.1. The third-order valence-corrected chi connectivity index (χ3v) is 5.37. The molecule has 0 aliphatic carbocycles. The van der Waals surface area contributed by atoms with Crippen molar-refractivity contribution in [3.63, 3.8) is 0 Å². The Labute approximate surface area is 211 Å². The molecule has 0 aliphatic rings. The molecule has 9 nitrogen and oxygen atoms in total. The molecular weight excluding hydrogens is 440 g/mol. The molecule has 0 fully saturated rings. The van der Waals surface area contributed by atoms with Crippen LogP contribution in [-0.4, -0.2) is 25.9 Å². The van der Waals surface area contributed by atoms with Crippen molar-refractivity contribution in [2.45, 2.75) is 9.79 Å². The standard InChI is InChI=1S/C16H13N3O6S2.2Na/c17-15-14(27(23,24)25)9-10-8-12(26(20,21)22)6-7-13(10)16(15)19-18-11-4-2-1-3-5-11;;/h1-9H,17H2,(H,20,21,22)(H,23,24,25);;/q;2*+1/p-2. The Morgan fingerprint density at radius 3 is 1.97 bits per heavy atom. The molecule has 0 heterocycles. The third-order valence-electron chi connectivity index (χ3n) is 3.67. The van der Waals surface area contributed by atoms with Crippen LogP contribution in [0.1, 0.15) is 0 Å². The molecule has 0 amide bonds. The molecule has 3 aromatic rings. The van der Waals surface area contributed by atoms with Gasteiger partial charge in [-0.1, -0.05) is 24.3 Å². The summed E-state index contributed by atoms with van der Waals surface area (Å²) in [5.41, 5.74) is 5.71. The van der Waals surface area contributed by atoms with Crippen LogP contribution in [-0.2, 0) is 20.2 Å². The maximum atomic E-state index is 11.5. The van der Waals surface area contributed by atoms with Crippen LogP contribution in [0.2, 0.25) is 0 Å². The molecule has 29 heavy (non-hydrogen) atoms. The van der Waals surface area contributed by atoms with Gasteiger partial charge in [-0.3, -0.25) is 0 Å². The number of rotatable bonds is 4. The molecule has 3 aromatic carbocycles. The number of nitrogen functional groups attached to an aromatic ring is 1. The van der Waals surface area contributed by atoms with Gasteiger partial charge in [0.2, 0.25) is 0 Å². The third kappa shape index (κ3) is 6.07. The number of anilines is 1. The minimum Gasteiger partial charge on any atom is -0.744 e. The van der Waals surface area contributed by atoms with E-state index in [0.29, 0.717) is 5.69 Å². The largest absolute Gasteiger partial charge is 1.00 e. The molecule has 3 rings (SSSR count). The molecule has 0 aromatic heterocycles. The number of benzene rings is 3. The smallest absolute Gasteiger partial charge is 0.744 e. The second-order valence-corrected chi connectivity index (χ2v) is 8.19. The average molecular weight is 451 g/mol. The summed E-state index contributed by atoms with van der Waals surface area (Å²) in [7, 11) is -9.77. The van der Waals surface area contributed by atoms with E-state index < -0.39 is 35.7 Å². The first-order chi connectivity index (χ1) is 12.6. The van der Waals surface area contributed by atoms with Gasteiger partial charge in [0.05, 0.1) is 21.2 Å². The Bertz CT molecular complexity index is 1280.